The molecule has 1 saturated heterocycles. The molecule has 144 valence electrons. The molecule has 8 nitrogen and oxygen atoms in total. The van der Waals surface area contributed by atoms with Crippen LogP contribution in [0.1, 0.15) is 33.8 Å². The van der Waals surface area contributed by atoms with Crippen molar-refractivity contribution in [2.75, 3.05) is 19.9 Å². The highest BCUT2D eigenvalue weighted by Gasteiger charge is 2.33. The third kappa shape index (κ3) is 2.77. The number of β-amino-alcohol motifs (C(OH)–C–C–N with tert-alkyl or cyclic N) is 1. The molecule has 0 saturated carbocycles. The fourth-order valence-corrected chi connectivity index (χ4v) is 3.94. The molecule has 0 aliphatic carbocycles. The van der Waals surface area contributed by atoms with Gasteiger partial charge in [0.15, 0.2) is 17.1 Å². The van der Waals surface area contributed by atoms with Gasteiger partial charge in [-0.25, -0.2) is 9.50 Å². The van der Waals surface area contributed by atoms with Crippen LogP contribution in [-0.2, 0) is 0 Å². The van der Waals surface area contributed by atoms with E-state index in [1.165, 1.54) is 0 Å². The fourth-order valence-electron chi connectivity index (χ4n) is 3.94. The molecule has 2 atom stereocenters. The topological polar surface area (TPSA) is 89.2 Å². The second kappa shape index (κ2) is 6.49. The second-order valence-electron chi connectivity index (χ2n) is 7.28. The van der Waals surface area contributed by atoms with Crippen LogP contribution in [0.25, 0.3) is 5.65 Å². The van der Waals surface area contributed by atoms with E-state index in [1.807, 2.05) is 31.3 Å². The number of hydrogen-bond acceptors (Lipinski definition) is 6. The van der Waals surface area contributed by atoms with Crippen LogP contribution in [-0.4, -0.2) is 56.5 Å². The maximum Gasteiger partial charge on any atom is 0.259 e. The summed E-state index contributed by atoms with van der Waals surface area (Å²) >= 11 is 0. The van der Waals surface area contributed by atoms with E-state index < -0.39 is 6.10 Å². The number of carbonyl (C=O) groups is 1. The molecule has 8 heteroatoms. The lowest BCUT2D eigenvalue weighted by Gasteiger charge is -2.36. The van der Waals surface area contributed by atoms with Crippen molar-refractivity contribution in [3.8, 4) is 11.5 Å². The predicted octanol–water partition coefficient (Wildman–Crippen LogP) is 1.76. The quantitative estimate of drug-likeness (QED) is 0.729. The molecular weight excluding hydrogens is 360 g/mol. The van der Waals surface area contributed by atoms with Gasteiger partial charge in [0.05, 0.1) is 12.3 Å². The zero-order chi connectivity index (χ0) is 19.3. The number of aliphatic hydroxyl groups excluding tert-OH is 1. The Morgan fingerprint density at radius 3 is 2.96 bits per heavy atom. The number of piperidine rings is 1. The minimum atomic E-state index is -0.657. The highest BCUT2D eigenvalue weighted by atomic mass is 16.7. The van der Waals surface area contributed by atoms with E-state index in [-0.39, 0.29) is 25.2 Å². The van der Waals surface area contributed by atoms with Gasteiger partial charge in [-0.1, -0.05) is 6.07 Å². The van der Waals surface area contributed by atoms with E-state index in [0.29, 0.717) is 29.9 Å². The van der Waals surface area contributed by atoms with E-state index in [4.69, 9.17) is 9.47 Å². The molecular formula is C20H20N4O4. The van der Waals surface area contributed by atoms with E-state index in [2.05, 4.69) is 10.1 Å². The molecule has 0 spiro atoms. The van der Waals surface area contributed by atoms with Crippen molar-refractivity contribution < 1.29 is 19.4 Å². The number of hydrogen-bond donors (Lipinski definition) is 1. The molecule has 1 N–H and O–H groups in total. The molecule has 2 aliphatic heterocycles. The van der Waals surface area contributed by atoms with Gasteiger partial charge in [-0.05, 0) is 36.6 Å². The maximum atomic E-state index is 13.0. The highest BCUT2D eigenvalue weighted by molar-refractivity contribution is 5.99. The Morgan fingerprint density at radius 1 is 1.25 bits per heavy atom. The third-order valence-electron chi connectivity index (χ3n) is 5.41. The number of rotatable bonds is 2. The Morgan fingerprint density at radius 2 is 2.11 bits per heavy atom. The van der Waals surface area contributed by atoms with Crippen LogP contribution in [0, 0.1) is 6.92 Å². The smallest absolute Gasteiger partial charge is 0.259 e. The van der Waals surface area contributed by atoms with E-state index in [1.54, 1.807) is 21.8 Å². The summed E-state index contributed by atoms with van der Waals surface area (Å²) in [4.78, 5) is 19.0. The summed E-state index contributed by atoms with van der Waals surface area (Å²) in [7, 11) is 0. The molecule has 0 bridgehead atoms. The molecule has 5 rings (SSSR count). The predicted molar refractivity (Wildman–Crippen MR) is 99.6 cm³/mol. The zero-order valence-electron chi connectivity index (χ0n) is 15.4. The maximum absolute atomic E-state index is 13.0. The molecule has 2 aliphatic rings. The van der Waals surface area contributed by atoms with E-state index in [0.717, 1.165) is 16.9 Å². The van der Waals surface area contributed by atoms with Crippen LogP contribution in [0.3, 0.4) is 0 Å². The standard InChI is InChI=1S/C20H20N4O4/c1-12-7-21-19-15(8-22-24(19)9-12)20(26)23-5-4-14(16(25)10-23)13-2-3-17-18(6-13)28-11-27-17/h2-3,6-9,14,16,25H,4-5,10-11H2,1H3/t14-,16+/m0/s1. The number of aliphatic hydroxyl groups is 1. The summed E-state index contributed by atoms with van der Waals surface area (Å²) in [6, 6.07) is 5.75. The summed E-state index contributed by atoms with van der Waals surface area (Å²) < 4.78 is 12.4. The normalized spacial score (nSPS) is 21.3. The largest absolute Gasteiger partial charge is 0.454 e. The Balaban J connectivity index is 1.34. The van der Waals surface area contributed by atoms with Gasteiger partial charge >= 0.3 is 0 Å². The Kier molecular flexibility index (Phi) is 3.94. The van der Waals surface area contributed by atoms with Crippen LogP contribution in [0.4, 0.5) is 0 Å². The molecule has 2 aromatic heterocycles. The first-order valence-electron chi connectivity index (χ1n) is 9.27. The summed E-state index contributed by atoms with van der Waals surface area (Å²) in [5.41, 5.74) is 2.95. The van der Waals surface area contributed by atoms with Gasteiger partial charge in [0.25, 0.3) is 5.91 Å². The van der Waals surface area contributed by atoms with Crippen LogP contribution in [0.2, 0.25) is 0 Å². The van der Waals surface area contributed by atoms with Crippen LogP contribution >= 0.6 is 0 Å². The number of aromatic nitrogens is 3. The van der Waals surface area contributed by atoms with Crippen LogP contribution < -0.4 is 9.47 Å². The van der Waals surface area contributed by atoms with Crippen molar-refractivity contribution in [1.29, 1.82) is 0 Å². The first-order chi connectivity index (χ1) is 13.6. The van der Waals surface area contributed by atoms with Crippen molar-refractivity contribution >= 4 is 11.6 Å². The van der Waals surface area contributed by atoms with E-state index in [9.17, 15) is 9.90 Å². The van der Waals surface area contributed by atoms with Gasteiger partial charge in [-0.15, -0.1) is 0 Å². The second-order valence-corrected chi connectivity index (χ2v) is 7.28. The van der Waals surface area contributed by atoms with Gasteiger partial charge < -0.3 is 19.5 Å². The number of nitrogens with zero attached hydrogens (tertiary/aromatic N) is 4. The number of likely N-dealkylation sites (tertiary alicyclic amines) is 1. The molecule has 1 amide bonds. The molecule has 1 aromatic carbocycles. The van der Waals surface area contributed by atoms with Crippen molar-refractivity contribution in [1.82, 2.24) is 19.5 Å². The lowest BCUT2D eigenvalue weighted by Crippen LogP contribution is -2.45. The van der Waals surface area contributed by atoms with Crippen LogP contribution in [0.5, 0.6) is 11.5 Å². The van der Waals surface area contributed by atoms with Crippen molar-refractivity contribution in [2.45, 2.75) is 25.4 Å². The molecule has 3 aromatic rings. The summed E-state index contributed by atoms with van der Waals surface area (Å²) in [6.45, 7) is 2.97. The number of aryl methyl sites for hydroxylation is 1. The SMILES string of the molecule is Cc1cnc2c(C(=O)N3CC[C@@H](c4ccc5c(c4)OCO5)[C@H](O)C3)cnn2c1. The van der Waals surface area contributed by atoms with Crippen molar-refractivity contribution in [3.63, 3.8) is 0 Å². The molecule has 0 unspecified atom stereocenters. The molecule has 1 fully saturated rings. The van der Waals surface area contributed by atoms with Gasteiger partial charge in [0.2, 0.25) is 6.79 Å². The third-order valence-corrected chi connectivity index (χ3v) is 5.41. The minimum Gasteiger partial charge on any atom is -0.454 e. The van der Waals surface area contributed by atoms with Gasteiger partial charge in [-0.2, -0.15) is 5.10 Å². The lowest BCUT2D eigenvalue weighted by molar-refractivity contribution is 0.0383. The number of carbonyl (C=O) groups excluding carboxylic acids is 1. The lowest BCUT2D eigenvalue weighted by atomic mass is 9.86. The average molecular weight is 380 g/mol. The van der Waals surface area contributed by atoms with E-state index >= 15 is 0 Å². The van der Waals surface area contributed by atoms with Gasteiger partial charge in [-0.3, -0.25) is 4.79 Å². The Bertz CT molecular complexity index is 1060. The Hall–Kier alpha value is -3.13. The average Bonchev–Trinajstić information content (AvgIpc) is 3.33. The number of fused-ring (bicyclic) bond motifs is 2. The summed E-state index contributed by atoms with van der Waals surface area (Å²) in [6.07, 6.45) is 5.10. The van der Waals surface area contributed by atoms with Gasteiger partial charge in [0, 0.05) is 31.4 Å². The zero-order valence-corrected chi connectivity index (χ0v) is 15.4. The fraction of sp³-hybridized carbons (Fsp3) is 0.350. The van der Waals surface area contributed by atoms with Crippen LogP contribution in [0.15, 0.2) is 36.8 Å². The Labute approximate surface area is 161 Å². The summed E-state index contributed by atoms with van der Waals surface area (Å²) in [5.74, 6) is 1.22. The first-order valence-corrected chi connectivity index (χ1v) is 9.27. The van der Waals surface area contributed by atoms with Gasteiger partial charge in [0.1, 0.15) is 5.56 Å². The van der Waals surface area contributed by atoms with Crippen molar-refractivity contribution in [3.05, 3.63) is 53.5 Å². The number of benzene rings is 1. The monoisotopic (exact) mass is 380 g/mol. The summed E-state index contributed by atoms with van der Waals surface area (Å²) in [5, 5.41) is 15.0. The first kappa shape index (κ1) is 17.0. The molecule has 0 radical (unpaired) electrons. The molecule has 4 heterocycles. The molecule has 28 heavy (non-hydrogen) atoms. The highest BCUT2D eigenvalue weighted by Crippen LogP contribution is 2.37. The van der Waals surface area contributed by atoms with Crippen molar-refractivity contribution in [2.24, 2.45) is 0 Å². The number of ether oxygens (including phenoxy) is 2. The minimum absolute atomic E-state index is 0.0526. The number of amides is 1.